The lowest BCUT2D eigenvalue weighted by Crippen LogP contribution is -2.30. The minimum Gasteiger partial charge on any atom is -0.497 e. The van der Waals surface area contributed by atoms with E-state index in [9.17, 15) is 14.0 Å². The number of carbonyl (C=O) groups is 2. The van der Waals surface area contributed by atoms with Crippen molar-refractivity contribution in [1.29, 1.82) is 5.26 Å². The molecule has 0 spiro atoms. The second-order valence-corrected chi connectivity index (χ2v) is 5.08. The van der Waals surface area contributed by atoms with E-state index in [0.717, 1.165) is 6.07 Å². The van der Waals surface area contributed by atoms with E-state index in [4.69, 9.17) is 14.7 Å². The smallest absolute Gasteiger partial charge is 0.341 e. The normalized spacial score (nSPS) is 11.1. The van der Waals surface area contributed by atoms with Crippen LogP contribution < -0.4 is 10.1 Å². The summed E-state index contributed by atoms with van der Waals surface area (Å²) in [5, 5.41) is 11.4. The zero-order valence-corrected chi connectivity index (χ0v) is 13.6. The highest BCUT2D eigenvalue weighted by Gasteiger charge is 2.21. The zero-order chi connectivity index (χ0) is 18.4. The molecule has 0 saturated heterocycles. The van der Waals surface area contributed by atoms with Crippen molar-refractivity contribution in [2.75, 3.05) is 12.4 Å². The van der Waals surface area contributed by atoms with Gasteiger partial charge in [-0.15, -0.1) is 0 Å². The quantitative estimate of drug-likeness (QED) is 0.844. The van der Waals surface area contributed by atoms with Gasteiger partial charge in [-0.05, 0) is 37.3 Å². The van der Waals surface area contributed by atoms with Crippen LogP contribution >= 0.6 is 0 Å². The molecule has 25 heavy (non-hydrogen) atoms. The van der Waals surface area contributed by atoms with Crippen LogP contribution in [0.3, 0.4) is 0 Å². The lowest BCUT2D eigenvalue weighted by atomic mass is 10.2. The Bertz CT molecular complexity index is 845. The first-order valence-corrected chi connectivity index (χ1v) is 7.30. The van der Waals surface area contributed by atoms with Crippen LogP contribution in [0.5, 0.6) is 5.75 Å². The number of hydrogen-bond acceptors (Lipinski definition) is 5. The Morgan fingerprint density at radius 1 is 1.24 bits per heavy atom. The number of ether oxygens (including phenoxy) is 2. The standard InChI is InChI=1S/C18H15FN2O4/c1-11(17(22)21-13-5-3-4-12(8-13)10-20)25-18(23)15-7-6-14(24-2)9-16(15)19/h3-9,11H,1-2H3,(H,21,22)/t11-/m0/s1. The van der Waals surface area contributed by atoms with Gasteiger partial charge in [0.2, 0.25) is 0 Å². The van der Waals surface area contributed by atoms with Crippen LogP contribution in [0.25, 0.3) is 0 Å². The predicted molar refractivity (Wildman–Crippen MR) is 87.6 cm³/mol. The molecule has 0 radical (unpaired) electrons. The largest absolute Gasteiger partial charge is 0.497 e. The van der Waals surface area contributed by atoms with Gasteiger partial charge in [0.05, 0.1) is 24.3 Å². The molecular weight excluding hydrogens is 327 g/mol. The molecule has 0 fully saturated rings. The number of benzene rings is 2. The minimum atomic E-state index is -1.15. The highest BCUT2D eigenvalue weighted by Crippen LogP contribution is 2.18. The molecule has 7 heteroatoms. The van der Waals surface area contributed by atoms with E-state index in [0.29, 0.717) is 11.3 Å². The summed E-state index contributed by atoms with van der Waals surface area (Å²) in [5.74, 6) is -2.11. The van der Waals surface area contributed by atoms with Crippen molar-refractivity contribution >= 4 is 17.6 Å². The summed E-state index contributed by atoms with van der Waals surface area (Å²) in [6.07, 6.45) is -1.15. The first-order valence-electron chi connectivity index (χ1n) is 7.30. The van der Waals surface area contributed by atoms with Crippen LogP contribution in [-0.2, 0) is 9.53 Å². The van der Waals surface area contributed by atoms with Crippen molar-refractivity contribution in [2.24, 2.45) is 0 Å². The summed E-state index contributed by atoms with van der Waals surface area (Å²) >= 11 is 0. The van der Waals surface area contributed by atoms with Crippen molar-refractivity contribution in [3.63, 3.8) is 0 Å². The van der Waals surface area contributed by atoms with Gasteiger partial charge in [-0.1, -0.05) is 6.07 Å². The van der Waals surface area contributed by atoms with E-state index < -0.39 is 23.8 Å². The molecule has 2 rings (SSSR count). The summed E-state index contributed by atoms with van der Waals surface area (Å²) in [5.41, 5.74) is 0.470. The van der Waals surface area contributed by atoms with E-state index in [1.165, 1.54) is 32.2 Å². The molecule has 0 aliphatic heterocycles. The molecule has 1 amide bonds. The summed E-state index contributed by atoms with van der Waals surface area (Å²) in [6, 6.07) is 11.9. The Labute approximate surface area is 143 Å². The maximum atomic E-state index is 13.9. The predicted octanol–water partition coefficient (Wildman–Crippen LogP) is 2.89. The first kappa shape index (κ1) is 17.9. The van der Waals surface area contributed by atoms with Crippen LogP contribution in [0, 0.1) is 17.1 Å². The van der Waals surface area contributed by atoms with Crippen molar-refractivity contribution in [2.45, 2.75) is 13.0 Å². The number of carbonyl (C=O) groups excluding carboxylic acids is 2. The second-order valence-electron chi connectivity index (χ2n) is 5.08. The number of rotatable bonds is 5. The zero-order valence-electron chi connectivity index (χ0n) is 13.6. The number of nitrogens with zero attached hydrogens (tertiary/aromatic N) is 1. The van der Waals surface area contributed by atoms with Gasteiger partial charge in [0.25, 0.3) is 5.91 Å². The van der Waals surface area contributed by atoms with Gasteiger partial charge in [0.1, 0.15) is 11.6 Å². The summed E-state index contributed by atoms with van der Waals surface area (Å²) in [4.78, 5) is 24.1. The topological polar surface area (TPSA) is 88.4 Å². The fourth-order valence-electron chi connectivity index (χ4n) is 1.98. The van der Waals surface area contributed by atoms with E-state index >= 15 is 0 Å². The molecule has 1 atom stereocenters. The molecule has 0 aliphatic carbocycles. The molecule has 0 heterocycles. The molecular formula is C18H15FN2O4. The summed E-state index contributed by atoms with van der Waals surface area (Å²) in [7, 11) is 1.38. The maximum Gasteiger partial charge on any atom is 0.341 e. The molecule has 0 aromatic heterocycles. The third kappa shape index (κ3) is 4.54. The molecule has 6 nitrogen and oxygen atoms in total. The van der Waals surface area contributed by atoms with Crippen molar-refractivity contribution < 1.29 is 23.5 Å². The molecule has 0 aliphatic rings. The fraction of sp³-hybridized carbons (Fsp3) is 0.167. The van der Waals surface area contributed by atoms with Gasteiger partial charge in [-0.2, -0.15) is 5.26 Å². The van der Waals surface area contributed by atoms with Crippen LogP contribution in [-0.4, -0.2) is 25.1 Å². The van der Waals surface area contributed by atoms with Crippen molar-refractivity contribution in [1.82, 2.24) is 0 Å². The van der Waals surface area contributed by atoms with E-state index in [-0.39, 0.29) is 11.3 Å². The Balaban J connectivity index is 2.03. The lowest BCUT2D eigenvalue weighted by molar-refractivity contribution is -0.123. The molecule has 2 aromatic rings. The monoisotopic (exact) mass is 342 g/mol. The van der Waals surface area contributed by atoms with Gasteiger partial charge in [0.15, 0.2) is 6.10 Å². The Kier molecular flexibility index (Phi) is 5.69. The molecule has 1 N–H and O–H groups in total. The number of nitrogens with one attached hydrogen (secondary N) is 1. The van der Waals surface area contributed by atoms with Crippen LogP contribution in [0.2, 0.25) is 0 Å². The summed E-state index contributed by atoms with van der Waals surface area (Å²) < 4.78 is 23.7. The van der Waals surface area contributed by atoms with Gasteiger partial charge in [0, 0.05) is 11.8 Å². The third-order valence-corrected chi connectivity index (χ3v) is 3.31. The number of hydrogen-bond donors (Lipinski definition) is 1. The summed E-state index contributed by atoms with van der Waals surface area (Å²) in [6.45, 7) is 1.36. The fourth-order valence-corrected chi connectivity index (χ4v) is 1.98. The molecule has 2 aromatic carbocycles. The minimum absolute atomic E-state index is 0.261. The highest BCUT2D eigenvalue weighted by atomic mass is 19.1. The first-order chi connectivity index (χ1) is 11.9. The number of methoxy groups -OCH3 is 1. The Morgan fingerprint density at radius 3 is 2.64 bits per heavy atom. The van der Waals surface area contributed by atoms with Crippen molar-refractivity contribution in [3.05, 3.63) is 59.4 Å². The van der Waals surface area contributed by atoms with E-state index in [1.807, 2.05) is 6.07 Å². The second kappa shape index (κ2) is 7.93. The van der Waals surface area contributed by atoms with E-state index in [1.54, 1.807) is 18.2 Å². The van der Waals surface area contributed by atoms with Gasteiger partial charge in [-0.3, -0.25) is 4.79 Å². The van der Waals surface area contributed by atoms with Gasteiger partial charge in [-0.25, -0.2) is 9.18 Å². The number of amides is 1. The third-order valence-electron chi connectivity index (χ3n) is 3.31. The SMILES string of the molecule is COc1ccc(C(=O)O[C@@H](C)C(=O)Nc2cccc(C#N)c2)c(F)c1. The lowest BCUT2D eigenvalue weighted by Gasteiger charge is -2.14. The van der Waals surface area contributed by atoms with E-state index in [2.05, 4.69) is 5.32 Å². The number of halogens is 1. The average Bonchev–Trinajstić information content (AvgIpc) is 2.61. The van der Waals surface area contributed by atoms with Crippen LogP contribution in [0.15, 0.2) is 42.5 Å². The van der Waals surface area contributed by atoms with Gasteiger partial charge < -0.3 is 14.8 Å². The number of nitriles is 1. The Morgan fingerprint density at radius 2 is 2.00 bits per heavy atom. The van der Waals surface area contributed by atoms with Crippen LogP contribution in [0.1, 0.15) is 22.8 Å². The molecule has 0 saturated carbocycles. The molecule has 0 bridgehead atoms. The van der Waals surface area contributed by atoms with Gasteiger partial charge >= 0.3 is 5.97 Å². The molecule has 0 unspecified atom stereocenters. The Hall–Kier alpha value is -3.40. The highest BCUT2D eigenvalue weighted by molar-refractivity contribution is 5.97. The van der Waals surface area contributed by atoms with Crippen molar-refractivity contribution in [3.8, 4) is 11.8 Å². The van der Waals surface area contributed by atoms with Crippen LogP contribution in [0.4, 0.5) is 10.1 Å². The number of esters is 1. The average molecular weight is 342 g/mol. The molecule has 128 valence electrons. The maximum absolute atomic E-state index is 13.9. The number of anilines is 1.